The normalized spacial score (nSPS) is 7.20. The Labute approximate surface area is 153 Å². The number of rotatable bonds is 0. The second-order valence-electron chi connectivity index (χ2n) is 1.13. The van der Waals surface area contributed by atoms with Crippen LogP contribution in [-0.4, -0.2) is 16.4 Å². The Bertz CT molecular complexity index is 94.2. The van der Waals surface area contributed by atoms with Crippen LogP contribution in [0.5, 0.6) is 0 Å². The van der Waals surface area contributed by atoms with Gasteiger partial charge in [0.1, 0.15) is 0 Å². The molecule has 0 unspecified atom stereocenters. The van der Waals surface area contributed by atoms with Gasteiger partial charge in [-0.3, -0.25) is 0 Å². The first-order valence-electron chi connectivity index (χ1n) is 1.85. The molecule has 0 atom stereocenters. The van der Waals surface area contributed by atoms with E-state index in [1.807, 2.05) is 0 Å². The van der Waals surface area contributed by atoms with Gasteiger partial charge < -0.3 is 49.3 Å². The predicted octanol–water partition coefficient (Wildman–Crippen LogP) is -22.3. The standard InChI is InChI=1S/3ClHO4.Fe.9H2O/c3*2-1(3,4)5;;;;;;;;;;/h3*(H,2,3,4,5);;9*1H2/q;;;+3;;;;;;;;;/p+3. The van der Waals surface area contributed by atoms with E-state index in [4.69, 9.17) is 55.9 Å². The van der Waals surface area contributed by atoms with Gasteiger partial charge in [-0.25, -0.2) is 55.9 Å². The smallest absolute Gasteiger partial charge is 0.457 e. The van der Waals surface area contributed by atoms with Gasteiger partial charge in [-0.15, -0.1) is 30.7 Å². The van der Waals surface area contributed by atoms with Crippen LogP contribution in [0.15, 0.2) is 0 Å². The Morgan fingerprint density at radius 3 is 0.280 bits per heavy atom. The number of hydrogen-bond donors (Lipinski definition) is 0. The van der Waals surface area contributed by atoms with E-state index in [0.717, 1.165) is 0 Å². The van der Waals surface area contributed by atoms with Crippen molar-refractivity contribution in [3.63, 3.8) is 0 Å². The fourth-order valence-corrected chi connectivity index (χ4v) is 0. The van der Waals surface area contributed by atoms with Gasteiger partial charge in [-0.05, 0) is 0 Å². The van der Waals surface area contributed by atoms with Crippen LogP contribution in [0.25, 0.3) is 0 Å². The first kappa shape index (κ1) is 97.8. The van der Waals surface area contributed by atoms with E-state index in [0.29, 0.717) is 0 Å². The molecule has 21 nitrogen and oxygen atoms in total. The molecule has 0 aliphatic heterocycles. The maximum absolute atomic E-state index is 8.49. The van der Waals surface area contributed by atoms with Crippen LogP contribution in [0, 0.1) is 30.7 Å². The van der Waals surface area contributed by atoms with Crippen molar-refractivity contribution >= 4 is 0 Å². The summed E-state index contributed by atoms with van der Waals surface area (Å²) in [6.45, 7) is 0. The van der Waals surface area contributed by atoms with Gasteiger partial charge in [0, 0.05) is 0 Å². The molecular formula is H24Cl3FeO21+6. The van der Waals surface area contributed by atoms with E-state index in [1.54, 1.807) is 0 Å². The van der Waals surface area contributed by atoms with Gasteiger partial charge in [0.05, 0.1) is 0 Å². The van der Waals surface area contributed by atoms with E-state index in [9.17, 15) is 0 Å². The summed E-state index contributed by atoms with van der Waals surface area (Å²) in [7, 11) is -14.8. The minimum atomic E-state index is -4.94. The third kappa shape index (κ3) is 41300. The average molecular weight is 522 g/mol. The van der Waals surface area contributed by atoms with Crippen molar-refractivity contribution in [2.24, 2.45) is 0 Å². The molecule has 0 aliphatic carbocycles. The Hall–Kier alpha value is 0.549. The molecule has 173 valence electrons. The second kappa shape index (κ2) is 39.6. The Morgan fingerprint density at radius 2 is 0.280 bits per heavy atom. The maximum Gasteiger partial charge on any atom is 3.00 e. The monoisotopic (exact) mass is 521 g/mol. The van der Waals surface area contributed by atoms with E-state index in [1.165, 1.54) is 0 Å². The molecule has 25 heteroatoms. The van der Waals surface area contributed by atoms with Crippen molar-refractivity contribution in [1.29, 1.82) is 0 Å². The van der Waals surface area contributed by atoms with Crippen LogP contribution in [0.3, 0.4) is 0 Å². The van der Waals surface area contributed by atoms with Crippen LogP contribution in [-0.2, 0) is 49.9 Å². The summed E-state index contributed by atoms with van der Waals surface area (Å²) in [6.07, 6.45) is 0. The summed E-state index contributed by atoms with van der Waals surface area (Å²) in [5.41, 5.74) is 0. The third-order valence-corrected chi connectivity index (χ3v) is 0. The Morgan fingerprint density at radius 1 is 0.280 bits per heavy atom. The average Bonchev–Trinajstić information content (AvgIpc) is 1.41. The first-order valence-corrected chi connectivity index (χ1v) is 5.55. The Kier molecular flexibility index (Phi) is 155. The third-order valence-electron chi connectivity index (χ3n) is 0. The SMILES string of the molecule is O.O.O.[Fe+3].[O-][Cl+3]([O-])([O-])[O-].[O-][Cl+3]([O-])([O-])[O-].[O-][Cl+3]([O-])([O-])[O-].[OH3+].[OH3+].[OH3+].[OH3+].[OH3+].[OH3+]. The summed E-state index contributed by atoms with van der Waals surface area (Å²) in [6, 6.07) is 0. The maximum atomic E-state index is 8.49. The van der Waals surface area contributed by atoms with Gasteiger partial charge in [-0.2, -0.15) is 0 Å². The molecule has 0 heterocycles. The molecule has 24 N–H and O–H groups in total. The van der Waals surface area contributed by atoms with E-state index in [2.05, 4.69) is 0 Å². The fourth-order valence-electron chi connectivity index (χ4n) is 0. The topological polar surface area (TPSA) is 569 Å². The summed E-state index contributed by atoms with van der Waals surface area (Å²) in [5.74, 6) is 0. The van der Waals surface area contributed by atoms with Crippen LogP contribution >= 0.6 is 0 Å². The molecule has 0 spiro atoms. The van der Waals surface area contributed by atoms with Crippen LogP contribution in [0.2, 0.25) is 0 Å². The van der Waals surface area contributed by atoms with Crippen molar-refractivity contribution < 1.29 is 153 Å². The van der Waals surface area contributed by atoms with Crippen molar-refractivity contribution in [2.75, 3.05) is 0 Å². The molecular weight excluding hydrogens is 498 g/mol. The zero-order valence-electron chi connectivity index (χ0n) is 11.4. The molecule has 0 aliphatic rings. The van der Waals surface area contributed by atoms with Gasteiger partial charge in [0.25, 0.3) is 0 Å². The van der Waals surface area contributed by atoms with Crippen molar-refractivity contribution in [3.05, 3.63) is 0 Å². The van der Waals surface area contributed by atoms with E-state index >= 15 is 0 Å². The van der Waals surface area contributed by atoms with Gasteiger partial charge in [0.15, 0.2) is 0 Å². The second-order valence-corrected chi connectivity index (χ2v) is 3.40. The molecule has 0 bridgehead atoms. The minimum absolute atomic E-state index is 0. The van der Waals surface area contributed by atoms with Gasteiger partial charge >= 0.3 is 17.1 Å². The molecule has 25 heavy (non-hydrogen) atoms. The molecule has 1 radical (unpaired) electrons. The molecule has 0 aromatic rings. The quantitative estimate of drug-likeness (QED) is 0.211. The molecule has 0 fully saturated rings. The van der Waals surface area contributed by atoms with Crippen LogP contribution < -0.4 is 55.9 Å². The molecule has 0 aromatic heterocycles. The number of halogens is 3. The van der Waals surface area contributed by atoms with Crippen molar-refractivity contribution in [2.45, 2.75) is 0 Å². The van der Waals surface area contributed by atoms with Gasteiger partial charge in [-0.1, -0.05) is 0 Å². The molecule has 0 aromatic carbocycles. The molecule has 0 saturated heterocycles. The predicted molar refractivity (Wildman–Crippen MR) is 40.1 cm³/mol. The Balaban J connectivity index is -0.00000000655. The summed E-state index contributed by atoms with van der Waals surface area (Å²) in [4.78, 5) is 0. The zero-order valence-corrected chi connectivity index (χ0v) is 14.7. The molecule has 0 rings (SSSR count). The van der Waals surface area contributed by atoms with E-state index < -0.39 is 30.7 Å². The zero-order chi connectivity index (χ0) is 13.5. The largest absolute Gasteiger partial charge is 3.00 e. The minimum Gasteiger partial charge on any atom is -0.457 e. The van der Waals surface area contributed by atoms with E-state index in [-0.39, 0.29) is 66.4 Å². The summed E-state index contributed by atoms with van der Waals surface area (Å²) >= 11 is 0. The van der Waals surface area contributed by atoms with Gasteiger partial charge in [0.2, 0.25) is 0 Å². The summed E-state index contributed by atoms with van der Waals surface area (Å²) in [5, 5.41) is 0. The van der Waals surface area contributed by atoms with Crippen molar-refractivity contribution in [3.8, 4) is 0 Å². The summed E-state index contributed by atoms with van der Waals surface area (Å²) < 4.78 is 102. The van der Waals surface area contributed by atoms with Crippen molar-refractivity contribution in [1.82, 2.24) is 0 Å². The molecule has 0 saturated carbocycles. The first-order chi connectivity index (χ1) is 6.00. The van der Waals surface area contributed by atoms with Crippen LogP contribution in [0.1, 0.15) is 0 Å². The molecule has 0 amide bonds. The fraction of sp³-hybridized carbons (Fsp3) is 0. The van der Waals surface area contributed by atoms with Crippen LogP contribution in [0.4, 0.5) is 0 Å². The number of hydrogen-bond acceptors (Lipinski definition) is 12.